The van der Waals surface area contributed by atoms with Gasteiger partial charge in [-0.1, -0.05) is 138 Å². The zero-order chi connectivity index (χ0) is 26.5. The first kappa shape index (κ1) is 29.1. The molecule has 1 aliphatic rings. The molecule has 0 radical (unpaired) electrons. The van der Waals surface area contributed by atoms with E-state index in [1.807, 2.05) is 33.8 Å². The molecule has 36 heavy (non-hydrogen) atoms. The number of hydrogen-bond donors (Lipinski definition) is 0. The lowest BCUT2D eigenvalue weighted by atomic mass is 9.76. The molecular weight excluding hydrogens is 432 g/mol. The monoisotopic (exact) mass is 478 g/mol. The van der Waals surface area contributed by atoms with Gasteiger partial charge < -0.3 is 0 Å². The number of fused-ring (bicyclic) bond motifs is 3. The van der Waals surface area contributed by atoms with Crippen molar-refractivity contribution in [3.63, 3.8) is 0 Å². The van der Waals surface area contributed by atoms with Gasteiger partial charge in [-0.15, -0.1) is 0 Å². The lowest BCUT2D eigenvalue weighted by Gasteiger charge is -2.28. The minimum atomic E-state index is 0.751. The van der Waals surface area contributed by atoms with Crippen molar-refractivity contribution < 1.29 is 0 Å². The minimum absolute atomic E-state index is 0.751. The molecule has 0 aliphatic heterocycles. The van der Waals surface area contributed by atoms with E-state index in [4.69, 9.17) is 0 Å². The minimum Gasteiger partial charge on any atom is -0.0991 e. The van der Waals surface area contributed by atoms with Crippen molar-refractivity contribution in [2.45, 2.75) is 80.1 Å². The Kier molecular flexibility index (Phi) is 12.2. The van der Waals surface area contributed by atoms with Gasteiger partial charge >= 0.3 is 0 Å². The molecule has 0 heteroatoms. The molecule has 0 amide bonds. The molecule has 5 rings (SSSR count). The number of benzene rings is 4. The average Bonchev–Trinajstić information content (AvgIpc) is 2.89. The third-order valence-electron chi connectivity index (χ3n) is 6.75. The molecule has 4 aromatic carbocycles. The largest absolute Gasteiger partial charge is 0.0991 e. The highest BCUT2D eigenvalue weighted by molar-refractivity contribution is 6.10. The summed E-state index contributed by atoms with van der Waals surface area (Å²) >= 11 is 0. The van der Waals surface area contributed by atoms with Gasteiger partial charge in [0.2, 0.25) is 0 Å². The highest BCUT2D eigenvalue weighted by atomic mass is 14.3. The van der Waals surface area contributed by atoms with Gasteiger partial charge in [0.25, 0.3) is 0 Å². The summed E-state index contributed by atoms with van der Waals surface area (Å²) in [5, 5.41) is 5.43. The van der Waals surface area contributed by atoms with Gasteiger partial charge in [0, 0.05) is 0 Å². The van der Waals surface area contributed by atoms with E-state index < -0.39 is 0 Å². The molecule has 1 saturated carbocycles. The molecule has 0 heterocycles. The van der Waals surface area contributed by atoms with Gasteiger partial charge in [0.05, 0.1) is 0 Å². The first-order valence-electron chi connectivity index (χ1n) is 13.9. The molecule has 0 N–H and O–H groups in total. The zero-order valence-corrected chi connectivity index (χ0v) is 23.7. The Morgan fingerprint density at radius 2 is 1.44 bits per heavy atom. The van der Waals surface area contributed by atoms with Crippen LogP contribution in [0.2, 0.25) is 0 Å². The normalized spacial score (nSPS) is 12.5. The fourth-order valence-corrected chi connectivity index (χ4v) is 4.76. The second-order valence-electron chi connectivity index (χ2n) is 8.91. The second-order valence-corrected chi connectivity index (χ2v) is 8.91. The Labute approximate surface area is 220 Å². The third-order valence-corrected chi connectivity index (χ3v) is 6.75. The van der Waals surface area contributed by atoms with Crippen molar-refractivity contribution in [2.75, 3.05) is 0 Å². The maximum atomic E-state index is 3.51. The standard InChI is InChI=1S/C26H24.C6H10.2C2H6/c1-17-10-12-24-20(16-17)11-13-21-18(2)22(14-15-26(21)24)25-9-4-3-8-23(25)19-6-5-7-19;1-3-5-6-4-2;2*1-2/h3-4,8-16,19H,5-7H2,1-2H3;3,5-6H,1,4H2,2H3;2*1-2H3/b;6-5+;;. The van der Waals surface area contributed by atoms with Crippen LogP contribution < -0.4 is 0 Å². The van der Waals surface area contributed by atoms with E-state index in [9.17, 15) is 0 Å². The van der Waals surface area contributed by atoms with Gasteiger partial charge in [-0.05, 0) is 82.8 Å². The summed E-state index contributed by atoms with van der Waals surface area (Å²) in [5.74, 6) is 0.751. The smallest absolute Gasteiger partial charge is 0.0102 e. The van der Waals surface area contributed by atoms with Crippen LogP contribution in [0.1, 0.15) is 82.9 Å². The predicted octanol–water partition coefficient (Wildman–Crippen LogP) is 11.7. The maximum absolute atomic E-state index is 3.51. The highest BCUT2D eigenvalue weighted by Crippen LogP contribution is 2.43. The van der Waals surface area contributed by atoms with Crippen LogP contribution in [-0.2, 0) is 0 Å². The van der Waals surface area contributed by atoms with E-state index in [0.29, 0.717) is 0 Å². The van der Waals surface area contributed by atoms with Crippen LogP contribution in [0.3, 0.4) is 0 Å². The predicted molar refractivity (Wildman–Crippen MR) is 165 cm³/mol. The topological polar surface area (TPSA) is 0 Å². The number of rotatable bonds is 4. The Morgan fingerprint density at radius 3 is 2.06 bits per heavy atom. The van der Waals surface area contributed by atoms with Gasteiger partial charge in [-0.2, -0.15) is 0 Å². The zero-order valence-electron chi connectivity index (χ0n) is 23.7. The first-order valence-corrected chi connectivity index (χ1v) is 13.9. The molecule has 1 fully saturated rings. The fourth-order valence-electron chi connectivity index (χ4n) is 4.76. The summed E-state index contributed by atoms with van der Waals surface area (Å²) in [5.41, 5.74) is 7.08. The van der Waals surface area contributed by atoms with Crippen molar-refractivity contribution in [3.8, 4) is 11.1 Å². The second kappa shape index (κ2) is 15.1. The Bertz CT molecular complexity index is 1270. The Balaban J connectivity index is 0.000000398. The molecule has 0 aromatic heterocycles. The van der Waals surface area contributed by atoms with Crippen molar-refractivity contribution in [1.29, 1.82) is 0 Å². The third kappa shape index (κ3) is 6.76. The quantitative estimate of drug-likeness (QED) is 0.202. The first-order chi connectivity index (χ1) is 17.6. The van der Waals surface area contributed by atoms with E-state index in [2.05, 4.69) is 100 Å². The van der Waals surface area contributed by atoms with Crippen LogP contribution in [0.25, 0.3) is 32.7 Å². The highest BCUT2D eigenvalue weighted by Gasteiger charge is 2.23. The molecule has 190 valence electrons. The van der Waals surface area contributed by atoms with Crippen LogP contribution in [0.15, 0.2) is 91.5 Å². The molecule has 0 bridgehead atoms. The molecule has 0 unspecified atom stereocenters. The van der Waals surface area contributed by atoms with Crippen molar-refractivity contribution in [2.24, 2.45) is 0 Å². The van der Waals surface area contributed by atoms with Crippen LogP contribution in [0, 0.1) is 13.8 Å². The maximum Gasteiger partial charge on any atom is -0.0102 e. The van der Waals surface area contributed by atoms with Crippen molar-refractivity contribution in [3.05, 3.63) is 108 Å². The van der Waals surface area contributed by atoms with E-state index >= 15 is 0 Å². The molecule has 0 nitrogen and oxygen atoms in total. The molecule has 0 atom stereocenters. The number of allylic oxidation sites excluding steroid dienone is 3. The van der Waals surface area contributed by atoms with E-state index in [1.54, 1.807) is 6.08 Å². The summed E-state index contributed by atoms with van der Waals surface area (Å²) in [4.78, 5) is 0. The lowest BCUT2D eigenvalue weighted by Crippen LogP contribution is -2.10. The molecule has 1 aliphatic carbocycles. The summed E-state index contributed by atoms with van der Waals surface area (Å²) in [6.07, 6.45) is 10.9. The van der Waals surface area contributed by atoms with Crippen molar-refractivity contribution >= 4 is 21.5 Å². The summed E-state index contributed by atoms with van der Waals surface area (Å²) in [6.45, 7) is 18.1. The van der Waals surface area contributed by atoms with Crippen LogP contribution >= 0.6 is 0 Å². The Hall–Kier alpha value is -3.12. The lowest BCUT2D eigenvalue weighted by molar-refractivity contribution is 0.420. The van der Waals surface area contributed by atoms with Gasteiger partial charge in [-0.3, -0.25) is 0 Å². The Morgan fingerprint density at radius 1 is 0.778 bits per heavy atom. The number of aryl methyl sites for hydroxylation is 2. The van der Waals surface area contributed by atoms with Gasteiger partial charge in [0.15, 0.2) is 0 Å². The molecule has 4 aromatic rings. The van der Waals surface area contributed by atoms with E-state index in [0.717, 1.165) is 12.3 Å². The number of hydrogen-bond acceptors (Lipinski definition) is 0. The van der Waals surface area contributed by atoms with E-state index in [1.165, 1.54) is 68.6 Å². The van der Waals surface area contributed by atoms with Gasteiger partial charge in [-0.25, -0.2) is 0 Å². The summed E-state index contributed by atoms with van der Waals surface area (Å²) < 4.78 is 0. The average molecular weight is 479 g/mol. The SMILES string of the molecule is C=C/C=C/CC.CC.CC.Cc1ccc2c(ccc3c(C)c(-c4ccccc4C4CCC4)ccc32)c1. The van der Waals surface area contributed by atoms with Crippen LogP contribution in [0.5, 0.6) is 0 Å². The summed E-state index contributed by atoms with van der Waals surface area (Å²) in [7, 11) is 0. The summed E-state index contributed by atoms with van der Waals surface area (Å²) in [6, 6.07) is 25.1. The van der Waals surface area contributed by atoms with Crippen molar-refractivity contribution in [1.82, 2.24) is 0 Å². The fraction of sp³-hybridized carbons (Fsp3) is 0.333. The van der Waals surface area contributed by atoms with E-state index in [-0.39, 0.29) is 0 Å². The molecule has 0 spiro atoms. The van der Waals surface area contributed by atoms with Crippen LogP contribution in [0.4, 0.5) is 0 Å². The van der Waals surface area contributed by atoms with Crippen LogP contribution in [-0.4, -0.2) is 0 Å². The van der Waals surface area contributed by atoms with Gasteiger partial charge in [0.1, 0.15) is 0 Å². The molecule has 0 saturated heterocycles. The molecular formula is C36H46.